The Labute approximate surface area is 105 Å². The van der Waals surface area contributed by atoms with Gasteiger partial charge in [0.25, 0.3) is 0 Å². The lowest BCUT2D eigenvalue weighted by atomic mass is 9.98. The summed E-state index contributed by atoms with van der Waals surface area (Å²) in [4.78, 5) is 13.0. The molecule has 2 aromatic rings. The van der Waals surface area contributed by atoms with Gasteiger partial charge in [0.05, 0.1) is 6.61 Å². The van der Waals surface area contributed by atoms with Crippen molar-refractivity contribution in [2.24, 2.45) is 0 Å². The van der Waals surface area contributed by atoms with Crippen molar-refractivity contribution >= 4 is 17.3 Å². The number of esters is 1. The van der Waals surface area contributed by atoms with Crippen molar-refractivity contribution in [2.45, 2.75) is 12.8 Å². The molecular formula is C14H14O2S. The van der Waals surface area contributed by atoms with Crippen LogP contribution in [0.4, 0.5) is 0 Å². The van der Waals surface area contributed by atoms with E-state index in [1.54, 1.807) is 11.3 Å². The quantitative estimate of drug-likeness (QED) is 0.772. The molecule has 0 N–H and O–H groups in total. The number of rotatable bonds is 4. The van der Waals surface area contributed by atoms with Crippen molar-refractivity contribution in [1.29, 1.82) is 0 Å². The van der Waals surface area contributed by atoms with Crippen LogP contribution >= 0.6 is 11.3 Å². The number of hydrogen-bond acceptors (Lipinski definition) is 3. The molecule has 3 heteroatoms. The molecule has 2 rings (SSSR count). The van der Waals surface area contributed by atoms with E-state index < -0.39 is 0 Å². The average Bonchev–Trinajstić information content (AvgIpc) is 2.85. The molecule has 0 radical (unpaired) electrons. The van der Waals surface area contributed by atoms with Crippen LogP contribution in [0, 0.1) is 0 Å². The van der Waals surface area contributed by atoms with Gasteiger partial charge < -0.3 is 4.74 Å². The van der Waals surface area contributed by atoms with Crippen molar-refractivity contribution in [3.63, 3.8) is 0 Å². The van der Waals surface area contributed by atoms with Crippen LogP contribution in [0.2, 0.25) is 0 Å². The second kappa shape index (κ2) is 5.64. The maximum atomic E-state index is 12.0. The van der Waals surface area contributed by atoms with Gasteiger partial charge in [-0.15, -0.1) is 11.3 Å². The summed E-state index contributed by atoms with van der Waals surface area (Å²) in [5.41, 5.74) is 0.980. The average molecular weight is 246 g/mol. The molecule has 0 aliphatic carbocycles. The third kappa shape index (κ3) is 2.74. The number of ether oxygens (including phenoxy) is 1. The van der Waals surface area contributed by atoms with E-state index in [4.69, 9.17) is 4.74 Å². The van der Waals surface area contributed by atoms with Crippen molar-refractivity contribution in [2.75, 3.05) is 6.61 Å². The summed E-state index contributed by atoms with van der Waals surface area (Å²) in [6.45, 7) is 2.24. The Hall–Kier alpha value is -1.61. The fraction of sp³-hybridized carbons (Fsp3) is 0.214. The topological polar surface area (TPSA) is 26.3 Å². The minimum absolute atomic E-state index is 0.179. The SMILES string of the molecule is CCOC(=O)C(c1ccccc1)c1cccs1. The van der Waals surface area contributed by atoms with Crippen LogP contribution < -0.4 is 0 Å². The van der Waals surface area contributed by atoms with Gasteiger partial charge in [0.2, 0.25) is 0 Å². The number of benzene rings is 1. The molecule has 1 heterocycles. The maximum Gasteiger partial charge on any atom is 0.318 e. The lowest BCUT2D eigenvalue weighted by Gasteiger charge is -2.14. The molecule has 2 nitrogen and oxygen atoms in total. The summed E-state index contributed by atoms with van der Waals surface area (Å²) in [5, 5.41) is 1.98. The molecule has 1 aromatic carbocycles. The summed E-state index contributed by atoms with van der Waals surface area (Å²) < 4.78 is 5.15. The Kier molecular flexibility index (Phi) is 3.94. The number of carbonyl (C=O) groups is 1. The Morgan fingerprint density at radius 2 is 2.00 bits per heavy atom. The third-order valence-electron chi connectivity index (χ3n) is 2.48. The molecule has 88 valence electrons. The zero-order valence-corrected chi connectivity index (χ0v) is 10.4. The first-order valence-corrected chi connectivity index (χ1v) is 6.46. The molecule has 0 spiro atoms. The maximum absolute atomic E-state index is 12.0. The predicted molar refractivity (Wildman–Crippen MR) is 69.2 cm³/mol. The van der Waals surface area contributed by atoms with Crippen LogP contribution in [0.15, 0.2) is 47.8 Å². The van der Waals surface area contributed by atoms with E-state index in [-0.39, 0.29) is 11.9 Å². The molecule has 17 heavy (non-hydrogen) atoms. The fourth-order valence-corrected chi connectivity index (χ4v) is 2.58. The Bertz CT molecular complexity index is 462. The van der Waals surface area contributed by atoms with Gasteiger partial charge in [0, 0.05) is 4.88 Å². The van der Waals surface area contributed by atoms with Crippen molar-refractivity contribution in [3.8, 4) is 0 Å². The molecule has 0 saturated heterocycles. The first-order chi connectivity index (χ1) is 8.33. The van der Waals surface area contributed by atoms with E-state index in [0.717, 1.165) is 10.4 Å². The lowest BCUT2D eigenvalue weighted by molar-refractivity contribution is -0.143. The zero-order chi connectivity index (χ0) is 12.1. The zero-order valence-electron chi connectivity index (χ0n) is 9.63. The van der Waals surface area contributed by atoms with Crippen molar-refractivity contribution in [1.82, 2.24) is 0 Å². The van der Waals surface area contributed by atoms with E-state index in [1.165, 1.54) is 0 Å². The summed E-state index contributed by atoms with van der Waals surface area (Å²) >= 11 is 1.58. The highest BCUT2D eigenvalue weighted by Crippen LogP contribution is 2.29. The summed E-state index contributed by atoms with van der Waals surface area (Å²) in [5.74, 6) is -0.475. The largest absolute Gasteiger partial charge is 0.465 e. The standard InChI is InChI=1S/C14H14O2S/c1-2-16-14(15)13(12-9-6-10-17-12)11-7-4-3-5-8-11/h3-10,13H,2H2,1H3. The predicted octanol–water partition coefficient (Wildman–Crippen LogP) is 3.44. The molecular weight excluding hydrogens is 232 g/mol. The van der Waals surface area contributed by atoms with Gasteiger partial charge in [-0.1, -0.05) is 36.4 Å². The van der Waals surface area contributed by atoms with E-state index in [2.05, 4.69) is 0 Å². The Balaban J connectivity index is 2.35. The third-order valence-corrected chi connectivity index (χ3v) is 3.42. The molecule has 0 aliphatic heterocycles. The van der Waals surface area contributed by atoms with Crippen LogP contribution in [0.1, 0.15) is 23.3 Å². The van der Waals surface area contributed by atoms with Gasteiger partial charge in [0.15, 0.2) is 0 Å². The molecule has 0 saturated carbocycles. The normalized spacial score (nSPS) is 12.1. The number of carbonyl (C=O) groups excluding carboxylic acids is 1. The van der Waals surface area contributed by atoms with Crippen LogP contribution in [-0.4, -0.2) is 12.6 Å². The highest BCUT2D eigenvalue weighted by Gasteiger charge is 2.24. The van der Waals surface area contributed by atoms with E-state index in [9.17, 15) is 4.79 Å². The molecule has 0 aliphatic rings. The van der Waals surface area contributed by atoms with Gasteiger partial charge in [0.1, 0.15) is 5.92 Å². The highest BCUT2D eigenvalue weighted by molar-refractivity contribution is 7.10. The van der Waals surface area contributed by atoms with E-state index in [0.29, 0.717) is 6.61 Å². The summed E-state index contributed by atoms with van der Waals surface area (Å²) in [7, 11) is 0. The number of hydrogen-bond donors (Lipinski definition) is 0. The van der Waals surface area contributed by atoms with E-state index in [1.807, 2.05) is 54.8 Å². The lowest BCUT2D eigenvalue weighted by Crippen LogP contribution is -2.16. The van der Waals surface area contributed by atoms with Gasteiger partial charge >= 0.3 is 5.97 Å². The Morgan fingerprint density at radius 1 is 1.24 bits per heavy atom. The molecule has 1 atom stereocenters. The smallest absolute Gasteiger partial charge is 0.318 e. The van der Waals surface area contributed by atoms with Crippen LogP contribution in [-0.2, 0) is 9.53 Å². The second-order valence-electron chi connectivity index (χ2n) is 3.61. The van der Waals surface area contributed by atoms with Crippen LogP contribution in [0.3, 0.4) is 0 Å². The van der Waals surface area contributed by atoms with Gasteiger partial charge in [-0.2, -0.15) is 0 Å². The monoisotopic (exact) mass is 246 g/mol. The second-order valence-corrected chi connectivity index (χ2v) is 4.59. The van der Waals surface area contributed by atoms with Crippen molar-refractivity contribution < 1.29 is 9.53 Å². The fourth-order valence-electron chi connectivity index (χ4n) is 1.74. The number of thiophene rings is 1. The summed E-state index contributed by atoms with van der Waals surface area (Å²) in [6.07, 6.45) is 0. The molecule has 1 aromatic heterocycles. The summed E-state index contributed by atoms with van der Waals surface area (Å²) in [6, 6.07) is 13.7. The molecule has 0 fully saturated rings. The Morgan fingerprint density at radius 3 is 2.59 bits per heavy atom. The first-order valence-electron chi connectivity index (χ1n) is 5.58. The van der Waals surface area contributed by atoms with Crippen LogP contribution in [0.5, 0.6) is 0 Å². The van der Waals surface area contributed by atoms with Gasteiger partial charge in [-0.3, -0.25) is 4.79 Å². The highest BCUT2D eigenvalue weighted by atomic mass is 32.1. The van der Waals surface area contributed by atoms with E-state index >= 15 is 0 Å². The minimum Gasteiger partial charge on any atom is -0.465 e. The van der Waals surface area contributed by atoms with Gasteiger partial charge in [-0.05, 0) is 23.9 Å². The molecule has 0 bridgehead atoms. The minimum atomic E-state index is -0.295. The first kappa shape index (κ1) is 11.9. The van der Waals surface area contributed by atoms with Crippen LogP contribution in [0.25, 0.3) is 0 Å². The van der Waals surface area contributed by atoms with Crippen molar-refractivity contribution in [3.05, 3.63) is 58.3 Å². The molecule has 0 amide bonds. The van der Waals surface area contributed by atoms with Gasteiger partial charge in [-0.25, -0.2) is 0 Å². The molecule has 1 unspecified atom stereocenters.